The summed E-state index contributed by atoms with van der Waals surface area (Å²) in [6, 6.07) is 3.54. The lowest BCUT2D eigenvalue weighted by Crippen LogP contribution is -1.99. The predicted octanol–water partition coefficient (Wildman–Crippen LogP) is 2.16. The van der Waals surface area contributed by atoms with Crippen LogP contribution in [0.1, 0.15) is 11.3 Å². The number of benzene rings is 1. The van der Waals surface area contributed by atoms with E-state index in [-0.39, 0.29) is 6.54 Å². The normalized spacial score (nSPS) is 10.6. The Morgan fingerprint density at radius 1 is 1.56 bits per heavy atom. The molecular formula is C11H10FN3O3. The Bertz CT molecular complexity index is 610. The highest BCUT2D eigenvalue weighted by Crippen LogP contribution is 2.29. The number of halogens is 1. The van der Waals surface area contributed by atoms with Crippen LogP contribution in [0.4, 0.5) is 10.1 Å². The van der Waals surface area contributed by atoms with E-state index in [2.05, 4.69) is 5.16 Å². The van der Waals surface area contributed by atoms with E-state index in [4.69, 9.17) is 10.3 Å². The average molecular weight is 251 g/mol. The molecule has 0 aliphatic rings. The fourth-order valence-electron chi connectivity index (χ4n) is 1.66. The molecule has 0 aliphatic carbocycles. The van der Waals surface area contributed by atoms with Crippen LogP contribution < -0.4 is 5.73 Å². The van der Waals surface area contributed by atoms with Gasteiger partial charge in [-0.3, -0.25) is 10.1 Å². The minimum Gasteiger partial charge on any atom is -0.361 e. The molecule has 0 spiro atoms. The topological polar surface area (TPSA) is 95.2 Å². The summed E-state index contributed by atoms with van der Waals surface area (Å²) in [7, 11) is 0. The van der Waals surface area contributed by atoms with Gasteiger partial charge >= 0.3 is 5.69 Å². The molecule has 0 bridgehead atoms. The van der Waals surface area contributed by atoms with Gasteiger partial charge in [0.05, 0.1) is 4.92 Å². The summed E-state index contributed by atoms with van der Waals surface area (Å²) >= 11 is 0. The Morgan fingerprint density at radius 2 is 2.28 bits per heavy atom. The van der Waals surface area contributed by atoms with E-state index in [1.165, 1.54) is 6.07 Å². The molecule has 18 heavy (non-hydrogen) atoms. The zero-order valence-corrected chi connectivity index (χ0v) is 9.51. The number of hydrogen-bond acceptors (Lipinski definition) is 5. The molecule has 0 aliphatic heterocycles. The summed E-state index contributed by atoms with van der Waals surface area (Å²) in [5.41, 5.74) is 6.41. The molecule has 0 atom stereocenters. The number of rotatable bonds is 3. The maximum absolute atomic E-state index is 13.2. The van der Waals surface area contributed by atoms with Crippen LogP contribution in [0.15, 0.2) is 22.7 Å². The van der Waals surface area contributed by atoms with E-state index in [9.17, 15) is 14.5 Å². The number of nitrogens with zero attached hydrogens (tertiary/aromatic N) is 2. The van der Waals surface area contributed by atoms with Crippen LogP contribution in [-0.2, 0) is 6.54 Å². The summed E-state index contributed by atoms with van der Waals surface area (Å²) in [4.78, 5) is 9.88. The second kappa shape index (κ2) is 4.53. The molecule has 0 saturated carbocycles. The van der Waals surface area contributed by atoms with Gasteiger partial charge in [-0.05, 0) is 19.1 Å². The number of nitro benzene ring substituents is 1. The molecule has 2 N–H and O–H groups in total. The van der Waals surface area contributed by atoms with Gasteiger partial charge in [0.25, 0.3) is 0 Å². The summed E-state index contributed by atoms with van der Waals surface area (Å²) < 4.78 is 18.2. The predicted molar refractivity (Wildman–Crippen MR) is 61.2 cm³/mol. The molecule has 1 aromatic carbocycles. The van der Waals surface area contributed by atoms with Crippen molar-refractivity contribution >= 4 is 5.69 Å². The van der Waals surface area contributed by atoms with Crippen molar-refractivity contribution in [2.75, 3.05) is 0 Å². The van der Waals surface area contributed by atoms with Crippen molar-refractivity contribution in [2.24, 2.45) is 5.73 Å². The summed E-state index contributed by atoms with van der Waals surface area (Å²) in [6.07, 6.45) is 0. The summed E-state index contributed by atoms with van der Waals surface area (Å²) in [5.74, 6) is -0.349. The Labute approximate surface area is 101 Å². The highest BCUT2D eigenvalue weighted by atomic mass is 19.1. The second-order valence-corrected chi connectivity index (χ2v) is 3.69. The van der Waals surface area contributed by atoms with Crippen LogP contribution >= 0.6 is 0 Å². The maximum atomic E-state index is 13.2. The van der Waals surface area contributed by atoms with Gasteiger partial charge in [0.2, 0.25) is 5.82 Å². The molecule has 6 nitrogen and oxygen atoms in total. The average Bonchev–Trinajstić information content (AvgIpc) is 2.70. The standard InChI is InChI=1S/C11H10FN3O3/c1-6-8(5-13)11(14-18-6)7-2-3-9(12)10(4-7)15(16)17/h2-4H,5,13H2,1H3. The van der Waals surface area contributed by atoms with Crippen molar-refractivity contribution in [3.63, 3.8) is 0 Å². The number of aromatic nitrogens is 1. The zero-order valence-electron chi connectivity index (χ0n) is 9.51. The van der Waals surface area contributed by atoms with Gasteiger partial charge in [-0.15, -0.1) is 0 Å². The van der Waals surface area contributed by atoms with E-state index < -0.39 is 16.4 Å². The van der Waals surface area contributed by atoms with Crippen molar-refractivity contribution < 1.29 is 13.8 Å². The highest BCUT2D eigenvalue weighted by molar-refractivity contribution is 5.66. The first kappa shape index (κ1) is 12.2. The Morgan fingerprint density at radius 3 is 2.89 bits per heavy atom. The van der Waals surface area contributed by atoms with E-state index in [1.54, 1.807) is 6.92 Å². The smallest absolute Gasteiger partial charge is 0.305 e. The van der Waals surface area contributed by atoms with Crippen molar-refractivity contribution in [3.05, 3.63) is 45.5 Å². The third kappa shape index (κ3) is 1.95. The highest BCUT2D eigenvalue weighted by Gasteiger charge is 2.19. The first-order valence-electron chi connectivity index (χ1n) is 5.14. The lowest BCUT2D eigenvalue weighted by Gasteiger charge is -2.00. The van der Waals surface area contributed by atoms with Gasteiger partial charge in [-0.25, -0.2) is 0 Å². The van der Waals surface area contributed by atoms with Crippen LogP contribution in [-0.4, -0.2) is 10.1 Å². The van der Waals surface area contributed by atoms with E-state index in [1.807, 2.05) is 0 Å². The second-order valence-electron chi connectivity index (χ2n) is 3.69. The SMILES string of the molecule is Cc1onc(-c2ccc(F)c([N+](=O)[O-])c2)c1CN. The third-order valence-corrected chi connectivity index (χ3v) is 2.61. The number of nitrogens with two attached hydrogens (primary N) is 1. The Balaban J connectivity index is 2.57. The van der Waals surface area contributed by atoms with E-state index in [0.29, 0.717) is 22.6 Å². The zero-order chi connectivity index (χ0) is 13.3. The molecule has 1 aromatic heterocycles. The maximum Gasteiger partial charge on any atom is 0.305 e. The molecule has 0 amide bonds. The Hall–Kier alpha value is -2.28. The quantitative estimate of drug-likeness (QED) is 0.666. The van der Waals surface area contributed by atoms with E-state index >= 15 is 0 Å². The van der Waals surface area contributed by atoms with E-state index in [0.717, 1.165) is 12.1 Å². The van der Waals surface area contributed by atoms with Gasteiger partial charge in [0.15, 0.2) is 0 Å². The molecular weight excluding hydrogens is 241 g/mol. The van der Waals surface area contributed by atoms with Crippen molar-refractivity contribution in [2.45, 2.75) is 13.5 Å². The number of aryl methyl sites for hydroxylation is 1. The largest absolute Gasteiger partial charge is 0.361 e. The molecule has 2 aromatic rings. The van der Waals surface area contributed by atoms with Crippen molar-refractivity contribution in [3.8, 4) is 11.3 Å². The van der Waals surface area contributed by atoms with Crippen LogP contribution in [0.3, 0.4) is 0 Å². The number of hydrogen-bond donors (Lipinski definition) is 1. The van der Waals surface area contributed by atoms with Gasteiger partial charge in [0, 0.05) is 23.7 Å². The third-order valence-electron chi connectivity index (χ3n) is 2.61. The fourth-order valence-corrected chi connectivity index (χ4v) is 1.66. The number of nitro groups is 1. The lowest BCUT2D eigenvalue weighted by atomic mass is 10.1. The first-order chi connectivity index (χ1) is 8.54. The molecule has 0 radical (unpaired) electrons. The summed E-state index contributed by atoms with van der Waals surface area (Å²) in [6.45, 7) is 1.88. The van der Waals surface area contributed by atoms with Gasteiger partial charge in [0.1, 0.15) is 11.5 Å². The molecule has 7 heteroatoms. The Kier molecular flexibility index (Phi) is 3.07. The molecule has 1 heterocycles. The first-order valence-corrected chi connectivity index (χ1v) is 5.14. The summed E-state index contributed by atoms with van der Waals surface area (Å²) in [5, 5.41) is 14.4. The molecule has 94 valence electrons. The molecule has 0 fully saturated rings. The van der Waals surface area contributed by atoms with Crippen LogP contribution in [0.5, 0.6) is 0 Å². The molecule has 2 rings (SSSR count). The van der Waals surface area contributed by atoms with Crippen LogP contribution in [0, 0.1) is 22.9 Å². The minimum absolute atomic E-state index is 0.190. The van der Waals surface area contributed by atoms with Crippen molar-refractivity contribution in [1.29, 1.82) is 0 Å². The van der Waals surface area contributed by atoms with Crippen LogP contribution in [0.2, 0.25) is 0 Å². The lowest BCUT2D eigenvalue weighted by molar-refractivity contribution is -0.387. The molecule has 0 unspecified atom stereocenters. The van der Waals surface area contributed by atoms with Crippen LogP contribution in [0.25, 0.3) is 11.3 Å². The van der Waals surface area contributed by atoms with Gasteiger partial charge in [-0.1, -0.05) is 5.16 Å². The van der Waals surface area contributed by atoms with Gasteiger partial charge in [-0.2, -0.15) is 4.39 Å². The molecule has 0 saturated heterocycles. The minimum atomic E-state index is -0.890. The van der Waals surface area contributed by atoms with Gasteiger partial charge < -0.3 is 10.3 Å². The monoisotopic (exact) mass is 251 g/mol. The fraction of sp³-hybridized carbons (Fsp3) is 0.182. The van der Waals surface area contributed by atoms with Crippen molar-refractivity contribution in [1.82, 2.24) is 5.16 Å².